The van der Waals surface area contributed by atoms with E-state index in [1.54, 1.807) is 0 Å². The van der Waals surface area contributed by atoms with Crippen molar-refractivity contribution in [2.45, 2.75) is 6.18 Å². The van der Waals surface area contributed by atoms with Crippen molar-refractivity contribution in [1.82, 2.24) is 0 Å². The molecule has 0 aliphatic heterocycles. The zero-order valence-corrected chi connectivity index (χ0v) is 7.73. The Bertz CT molecular complexity index is 87.8. The molecule has 2 nitrogen and oxygen atoms in total. The van der Waals surface area contributed by atoms with Crippen LogP contribution >= 0.6 is 0 Å². The van der Waals surface area contributed by atoms with E-state index in [1.807, 2.05) is 0 Å². The van der Waals surface area contributed by atoms with E-state index in [4.69, 9.17) is 9.90 Å². The standard InChI is InChI=1S/C2HF3O2.Sn.2H/c3-2(4,5)1(6)7;;;/h(H,6,7);;;. The van der Waals surface area contributed by atoms with Gasteiger partial charge in [-0.1, -0.05) is 0 Å². The van der Waals surface area contributed by atoms with Gasteiger partial charge in [-0.15, -0.1) is 0 Å². The predicted molar refractivity (Wildman–Crippen MR) is 22.2 cm³/mol. The molecule has 0 aliphatic rings. The molecule has 6 heteroatoms. The number of halogens is 3. The summed E-state index contributed by atoms with van der Waals surface area (Å²) in [7, 11) is 0. The Hall–Kier alpha value is 0.0587. The Kier molecular flexibility index (Phi) is 4.32. The Morgan fingerprint density at radius 2 is 1.50 bits per heavy atom. The second-order valence-corrected chi connectivity index (χ2v) is 0.803. The average Bonchev–Trinajstić information content (AvgIpc) is 1.31. The molecule has 0 spiro atoms. The number of carbonyl (C=O) groups is 1. The first-order chi connectivity index (χ1) is 2.94. The van der Waals surface area contributed by atoms with E-state index < -0.39 is 12.1 Å². The number of carboxylic acids is 1. The molecule has 1 N–H and O–H groups in total. The molecule has 0 unspecified atom stereocenters. The molecule has 2 radical (unpaired) electrons. The van der Waals surface area contributed by atoms with Crippen molar-refractivity contribution < 1.29 is 23.1 Å². The van der Waals surface area contributed by atoms with Crippen molar-refractivity contribution in [2.24, 2.45) is 0 Å². The van der Waals surface area contributed by atoms with Gasteiger partial charge in [0.25, 0.3) is 0 Å². The first-order valence-electron chi connectivity index (χ1n) is 1.24. The van der Waals surface area contributed by atoms with E-state index >= 15 is 0 Å². The summed E-state index contributed by atoms with van der Waals surface area (Å²) in [4.78, 5) is 8.90. The molecule has 48 valence electrons. The topological polar surface area (TPSA) is 37.3 Å². The third-order valence-corrected chi connectivity index (χ3v) is 0.243. The molecule has 0 aromatic rings. The van der Waals surface area contributed by atoms with Gasteiger partial charge >= 0.3 is 36.1 Å². The molecule has 0 amide bonds. The van der Waals surface area contributed by atoms with Crippen LogP contribution < -0.4 is 0 Å². The van der Waals surface area contributed by atoms with E-state index in [9.17, 15) is 13.2 Å². The van der Waals surface area contributed by atoms with Crippen molar-refractivity contribution in [3.63, 3.8) is 0 Å². The summed E-state index contributed by atoms with van der Waals surface area (Å²) in [6.07, 6.45) is -5.08. The predicted octanol–water partition coefficient (Wildman–Crippen LogP) is -0.283. The second kappa shape index (κ2) is 3.16. The molecule has 0 aliphatic carbocycles. The molecule has 0 fully saturated rings. The van der Waals surface area contributed by atoms with Crippen LogP contribution in [0, 0.1) is 0 Å². The van der Waals surface area contributed by atoms with Crippen LogP contribution in [0.3, 0.4) is 0 Å². The van der Waals surface area contributed by atoms with Gasteiger partial charge in [0.15, 0.2) is 0 Å². The van der Waals surface area contributed by atoms with Gasteiger partial charge in [0.1, 0.15) is 0 Å². The number of hydrogen-bond donors (Lipinski definition) is 1. The van der Waals surface area contributed by atoms with Gasteiger partial charge in [0, 0.05) is 0 Å². The summed E-state index contributed by atoms with van der Waals surface area (Å²) in [6, 6.07) is 0. The normalized spacial score (nSPS) is 9.88. The fourth-order valence-electron chi connectivity index (χ4n) is 0. The maximum atomic E-state index is 10.6. The quantitative estimate of drug-likeness (QED) is 0.586. The summed E-state index contributed by atoms with van der Waals surface area (Å²) < 4.78 is 31.7. The first kappa shape index (κ1) is 10.9. The Balaban J connectivity index is 0. The summed E-state index contributed by atoms with van der Waals surface area (Å²) in [5.74, 6) is -2.76. The molecule has 0 rings (SSSR count). The van der Waals surface area contributed by atoms with Crippen LogP contribution in [-0.2, 0) is 4.79 Å². The zero-order valence-electron chi connectivity index (χ0n) is 3.70. The summed E-state index contributed by atoms with van der Waals surface area (Å²) in [5, 5.41) is 7.12. The molecule has 0 heterocycles. The van der Waals surface area contributed by atoms with Gasteiger partial charge in [-0.25, -0.2) is 4.79 Å². The SMILES string of the molecule is O=C(O)C(F)(F)F.[SnH2]. The summed E-state index contributed by atoms with van der Waals surface area (Å²) in [6.45, 7) is 0. The van der Waals surface area contributed by atoms with Crippen molar-refractivity contribution in [3.05, 3.63) is 0 Å². The second-order valence-electron chi connectivity index (χ2n) is 0.803. The van der Waals surface area contributed by atoms with E-state index in [0.29, 0.717) is 0 Å². The Morgan fingerprint density at radius 1 is 1.38 bits per heavy atom. The maximum absolute atomic E-state index is 10.6. The van der Waals surface area contributed by atoms with E-state index in [0.717, 1.165) is 0 Å². The third kappa shape index (κ3) is 4.22. The Labute approximate surface area is 59.6 Å². The van der Waals surface area contributed by atoms with Crippen LogP contribution in [0.1, 0.15) is 0 Å². The van der Waals surface area contributed by atoms with Crippen LogP contribution in [-0.4, -0.2) is 41.2 Å². The molecule has 8 heavy (non-hydrogen) atoms. The van der Waals surface area contributed by atoms with Crippen molar-refractivity contribution in [1.29, 1.82) is 0 Å². The van der Waals surface area contributed by atoms with Crippen LogP contribution in [0.5, 0.6) is 0 Å². The molecule has 0 saturated heterocycles. The minimum absolute atomic E-state index is 0. The minimum atomic E-state index is -5.08. The van der Waals surface area contributed by atoms with Gasteiger partial charge in [0.2, 0.25) is 0 Å². The fourth-order valence-corrected chi connectivity index (χ4v) is 0. The number of carboxylic acid groups (broad SMARTS) is 1. The summed E-state index contributed by atoms with van der Waals surface area (Å²) in [5.41, 5.74) is 0. The van der Waals surface area contributed by atoms with Gasteiger partial charge in [-0.05, 0) is 0 Å². The number of rotatable bonds is 0. The first-order valence-corrected chi connectivity index (χ1v) is 1.24. The Morgan fingerprint density at radius 3 is 1.50 bits per heavy atom. The van der Waals surface area contributed by atoms with Crippen LogP contribution in [0.4, 0.5) is 13.2 Å². The number of aliphatic carboxylic acids is 1. The average molecular weight is 235 g/mol. The fraction of sp³-hybridized carbons (Fsp3) is 0.500. The van der Waals surface area contributed by atoms with Crippen LogP contribution in [0.15, 0.2) is 0 Å². The monoisotopic (exact) mass is 236 g/mol. The zero-order chi connectivity index (χ0) is 6.08. The molecule has 0 bridgehead atoms. The molecular weight excluding hydrogens is 232 g/mol. The van der Waals surface area contributed by atoms with Gasteiger partial charge in [0.05, 0.1) is 0 Å². The molecule has 0 aromatic heterocycles. The molecule has 0 atom stereocenters. The molecular formula is C2H3F3O2Sn. The number of alkyl halides is 3. The van der Waals surface area contributed by atoms with Gasteiger partial charge < -0.3 is 5.11 Å². The van der Waals surface area contributed by atoms with Gasteiger partial charge in [-0.3, -0.25) is 0 Å². The molecule has 0 saturated carbocycles. The molecule has 0 aromatic carbocycles. The van der Waals surface area contributed by atoms with E-state index in [2.05, 4.69) is 0 Å². The third-order valence-electron chi connectivity index (χ3n) is 0.243. The van der Waals surface area contributed by atoms with Crippen molar-refractivity contribution >= 4 is 29.9 Å². The van der Waals surface area contributed by atoms with E-state index in [-0.39, 0.29) is 23.9 Å². The number of hydrogen-bond acceptors (Lipinski definition) is 1. The van der Waals surface area contributed by atoms with Crippen LogP contribution in [0.2, 0.25) is 0 Å². The van der Waals surface area contributed by atoms with E-state index in [1.165, 1.54) is 0 Å². The van der Waals surface area contributed by atoms with Crippen molar-refractivity contribution in [3.8, 4) is 0 Å². The summed E-state index contributed by atoms with van der Waals surface area (Å²) >= 11 is 0. The van der Waals surface area contributed by atoms with Gasteiger partial charge in [-0.2, -0.15) is 13.2 Å². The van der Waals surface area contributed by atoms with Crippen LogP contribution in [0.25, 0.3) is 0 Å². The van der Waals surface area contributed by atoms with Crippen molar-refractivity contribution in [2.75, 3.05) is 0 Å².